The Labute approximate surface area is 183 Å². The van der Waals surface area contributed by atoms with Crippen LogP contribution in [0.5, 0.6) is 0 Å². The van der Waals surface area contributed by atoms with Gasteiger partial charge in [-0.3, -0.25) is 15.6 Å². The lowest BCUT2D eigenvalue weighted by Gasteiger charge is -2.25. The van der Waals surface area contributed by atoms with E-state index < -0.39 is 17.7 Å². The third kappa shape index (κ3) is 6.33. The van der Waals surface area contributed by atoms with Crippen molar-refractivity contribution in [2.75, 3.05) is 37.6 Å². The Morgan fingerprint density at radius 1 is 1.26 bits per heavy atom. The van der Waals surface area contributed by atoms with Gasteiger partial charge in [0.25, 0.3) is 0 Å². The van der Waals surface area contributed by atoms with Crippen LogP contribution in [0.4, 0.5) is 5.69 Å². The summed E-state index contributed by atoms with van der Waals surface area (Å²) in [5, 5.41) is 22.5. The molecule has 9 nitrogen and oxygen atoms in total. The van der Waals surface area contributed by atoms with E-state index in [2.05, 4.69) is 39.7 Å². The lowest BCUT2D eigenvalue weighted by Crippen LogP contribution is -2.39. The molecule has 0 spiro atoms. The van der Waals surface area contributed by atoms with E-state index in [0.29, 0.717) is 17.7 Å². The van der Waals surface area contributed by atoms with Crippen LogP contribution in [-0.2, 0) is 9.53 Å². The van der Waals surface area contributed by atoms with Crippen molar-refractivity contribution in [1.82, 2.24) is 10.3 Å². The molecule has 1 aromatic carbocycles. The summed E-state index contributed by atoms with van der Waals surface area (Å²) in [5.74, 6) is 0.874. The van der Waals surface area contributed by atoms with Crippen molar-refractivity contribution in [2.45, 2.75) is 38.9 Å². The number of para-hydroxylation sites is 1. The van der Waals surface area contributed by atoms with E-state index >= 15 is 0 Å². The molecule has 3 unspecified atom stereocenters. The third-order valence-corrected chi connectivity index (χ3v) is 5.57. The Bertz CT molecular complexity index is 793. The van der Waals surface area contributed by atoms with Crippen molar-refractivity contribution in [1.29, 1.82) is 5.41 Å². The summed E-state index contributed by atoms with van der Waals surface area (Å²) in [6.45, 7) is 8.80. The summed E-state index contributed by atoms with van der Waals surface area (Å²) in [5.41, 5.74) is 9.01. The number of nitrogens with one attached hydrogen (secondary N) is 2. The van der Waals surface area contributed by atoms with E-state index in [1.54, 1.807) is 20.8 Å². The lowest BCUT2D eigenvalue weighted by atomic mass is 10.0. The first-order valence-corrected chi connectivity index (χ1v) is 10.7. The maximum atomic E-state index is 11.7. The van der Waals surface area contributed by atoms with Crippen molar-refractivity contribution in [3.05, 3.63) is 30.3 Å². The average molecular weight is 431 g/mol. The number of likely N-dealkylation sites (tertiary alicyclic amines) is 1. The minimum atomic E-state index is -1.08. The second kappa shape index (κ2) is 9.55. The lowest BCUT2D eigenvalue weighted by molar-refractivity contribution is -0.153. The van der Waals surface area contributed by atoms with Gasteiger partial charge >= 0.3 is 5.97 Å². The number of ether oxygens (including phenoxy) is 1. The zero-order valence-corrected chi connectivity index (χ0v) is 18.5. The SMILES string of the molecule is CC(C)(C)OC(=O)CNN=C(N)C(O)CC(=N)N1CC2CN(c3ccccc3)CC2C1. The highest BCUT2D eigenvalue weighted by Crippen LogP contribution is 2.34. The summed E-state index contributed by atoms with van der Waals surface area (Å²) >= 11 is 0. The van der Waals surface area contributed by atoms with Gasteiger partial charge in [-0.15, -0.1) is 0 Å². The maximum Gasteiger partial charge on any atom is 0.327 e. The molecule has 2 fully saturated rings. The number of fused-ring (bicyclic) bond motifs is 1. The van der Waals surface area contributed by atoms with E-state index in [-0.39, 0.29) is 18.8 Å². The van der Waals surface area contributed by atoms with Crippen molar-refractivity contribution in [3.8, 4) is 0 Å². The van der Waals surface area contributed by atoms with Gasteiger partial charge in [0.1, 0.15) is 24.1 Å². The van der Waals surface area contributed by atoms with E-state index in [1.807, 2.05) is 11.0 Å². The number of rotatable bonds is 7. The summed E-state index contributed by atoms with van der Waals surface area (Å²) in [6, 6.07) is 10.4. The monoisotopic (exact) mass is 430 g/mol. The fourth-order valence-electron chi connectivity index (χ4n) is 4.13. The predicted molar refractivity (Wildman–Crippen MR) is 121 cm³/mol. The van der Waals surface area contributed by atoms with Gasteiger partial charge in [-0.25, -0.2) is 0 Å². The van der Waals surface area contributed by atoms with Crippen LogP contribution in [0, 0.1) is 17.2 Å². The summed E-state index contributed by atoms with van der Waals surface area (Å²) < 4.78 is 5.17. The number of hydrogen-bond donors (Lipinski definition) is 4. The predicted octanol–water partition coefficient (Wildman–Crippen LogP) is 0.986. The second-order valence-electron chi connectivity index (χ2n) is 9.29. The molecule has 0 bridgehead atoms. The molecule has 0 saturated carbocycles. The van der Waals surface area contributed by atoms with E-state index in [0.717, 1.165) is 26.2 Å². The van der Waals surface area contributed by atoms with Gasteiger partial charge in [-0.1, -0.05) is 18.2 Å². The van der Waals surface area contributed by atoms with Crippen LogP contribution in [0.2, 0.25) is 0 Å². The molecule has 2 aliphatic rings. The van der Waals surface area contributed by atoms with E-state index in [9.17, 15) is 9.90 Å². The number of hydrogen-bond acceptors (Lipinski definition) is 7. The number of amidine groups is 2. The normalized spacial score (nSPS) is 22.3. The molecule has 9 heteroatoms. The van der Waals surface area contributed by atoms with Crippen molar-refractivity contribution >= 4 is 23.3 Å². The number of carbonyl (C=O) groups is 1. The minimum absolute atomic E-state index is 0.0528. The molecule has 5 N–H and O–H groups in total. The number of nitrogens with zero attached hydrogens (tertiary/aromatic N) is 3. The van der Waals surface area contributed by atoms with Crippen LogP contribution >= 0.6 is 0 Å². The highest BCUT2D eigenvalue weighted by atomic mass is 16.6. The fraction of sp³-hybridized carbons (Fsp3) is 0.591. The number of esters is 1. The highest BCUT2D eigenvalue weighted by Gasteiger charge is 2.41. The summed E-state index contributed by atoms with van der Waals surface area (Å²) in [4.78, 5) is 16.1. The van der Waals surface area contributed by atoms with Crippen LogP contribution in [0.15, 0.2) is 35.4 Å². The van der Waals surface area contributed by atoms with Crippen LogP contribution < -0.4 is 16.1 Å². The van der Waals surface area contributed by atoms with Crippen molar-refractivity contribution in [2.24, 2.45) is 22.7 Å². The Morgan fingerprint density at radius 3 is 2.45 bits per heavy atom. The first kappa shape index (κ1) is 22.9. The topological polar surface area (TPSA) is 127 Å². The van der Waals surface area contributed by atoms with Crippen LogP contribution in [0.3, 0.4) is 0 Å². The molecule has 3 atom stereocenters. The molecule has 2 heterocycles. The Hall–Kier alpha value is -2.81. The van der Waals surface area contributed by atoms with Crippen LogP contribution in [0.1, 0.15) is 27.2 Å². The molecule has 0 aromatic heterocycles. The third-order valence-electron chi connectivity index (χ3n) is 5.57. The molecule has 0 aliphatic carbocycles. The molecule has 2 aliphatic heterocycles. The highest BCUT2D eigenvalue weighted by molar-refractivity contribution is 5.91. The van der Waals surface area contributed by atoms with E-state index in [1.165, 1.54) is 5.69 Å². The Morgan fingerprint density at radius 2 is 1.87 bits per heavy atom. The van der Waals surface area contributed by atoms with Crippen LogP contribution in [0.25, 0.3) is 0 Å². The van der Waals surface area contributed by atoms with Gasteiger partial charge in [-0.05, 0) is 32.9 Å². The molecule has 2 saturated heterocycles. The maximum absolute atomic E-state index is 11.7. The number of nitrogens with two attached hydrogens (primary N) is 1. The first-order valence-electron chi connectivity index (χ1n) is 10.7. The van der Waals surface area contributed by atoms with Crippen molar-refractivity contribution in [3.63, 3.8) is 0 Å². The number of aliphatic hydroxyl groups is 1. The number of anilines is 1. The zero-order chi connectivity index (χ0) is 22.6. The molecule has 3 rings (SSSR count). The van der Waals surface area contributed by atoms with Gasteiger partial charge in [0, 0.05) is 50.1 Å². The largest absolute Gasteiger partial charge is 0.459 e. The molecule has 0 amide bonds. The van der Waals surface area contributed by atoms with E-state index in [4.69, 9.17) is 15.9 Å². The summed E-state index contributed by atoms with van der Waals surface area (Å²) in [7, 11) is 0. The first-order chi connectivity index (χ1) is 14.6. The molecular weight excluding hydrogens is 396 g/mol. The average Bonchev–Trinajstić information content (AvgIpc) is 3.26. The zero-order valence-electron chi connectivity index (χ0n) is 18.5. The standard InChI is InChI=1S/C22H34N6O3/c1-22(2,3)31-20(30)10-25-26-21(24)18(29)9-19(23)28-13-15-11-27(12-16(15)14-28)17-7-5-4-6-8-17/h4-8,15-16,18,23,25,29H,9-14H2,1-3H3,(H2,24,26). The number of aliphatic hydroxyl groups excluding tert-OH is 1. The number of hydrazone groups is 1. The Kier molecular flexibility index (Phi) is 7.04. The van der Waals surface area contributed by atoms with Gasteiger partial charge < -0.3 is 25.4 Å². The number of carbonyl (C=O) groups excluding carboxylic acids is 1. The Balaban J connectivity index is 1.42. The van der Waals surface area contributed by atoms with Crippen LogP contribution in [-0.4, -0.2) is 72.1 Å². The van der Waals surface area contributed by atoms with Gasteiger partial charge in [0.2, 0.25) is 0 Å². The molecule has 31 heavy (non-hydrogen) atoms. The second-order valence-corrected chi connectivity index (χ2v) is 9.29. The summed E-state index contributed by atoms with van der Waals surface area (Å²) in [6.07, 6.45) is -0.995. The molecule has 1 aromatic rings. The van der Waals surface area contributed by atoms with Crippen molar-refractivity contribution < 1.29 is 14.6 Å². The smallest absolute Gasteiger partial charge is 0.327 e. The molecule has 170 valence electrons. The molecular formula is C22H34N6O3. The fourth-order valence-corrected chi connectivity index (χ4v) is 4.13. The van der Waals surface area contributed by atoms with Gasteiger partial charge in [0.05, 0.1) is 5.84 Å². The minimum Gasteiger partial charge on any atom is -0.459 e. The number of benzene rings is 1. The molecule has 0 radical (unpaired) electrons. The quantitative estimate of drug-likeness (QED) is 0.220. The van der Waals surface area contributed by atoms with Gasteiger partial charge in [0.15, 0.2) is 0 Å². The van der Waals surface area contributed by atoms with Gasteiger partial charge in [-0.2, -0.15) is 5.10 Å².